The lowest BCUT2D eigenvalue weighted by molar-refractivity contribution is -0.135. The highest BCUT2D eigenvalue weighted by molar-refractivity contribution is 5.96. The lowest BCUT2D eigenvalue weighted by Crippen LogP contribution is -2.52. The standard InChI is InChI=1S/C24H33NO2/c1-23-11-4-3-5-15(23)6-7-16-19-8-9-20(24(19,2)12-10-21(16)23)18-14-27-22(26)17(18)13-25/h15-16,19-21H,3-12,14H2,1-2H3/t15?,16-,19-,20+,21-,23-,24-/m0/s1. The zero-order valence-electron chi connectivity index (χ0n) is 16.9. The smallest absolute Gasteiger partial charge is 0.349 e. The SMILES string of the molecule is C[C@]12CC[C@H]3[C@@H](CCC4CCCC[C@@]43C)[C@@H]1CC[C@@H]2C1=C(C#N)C(=O)OC1. The van der Waals surface area contributed by atoms with Crippen LogP contribution in [0.3, 0.4) is 0 Å². The number of nitrogens with zero attached hydrogens (tertiary/aromatic N) is 1. The minimum atomic E-state index is -0.386. The monoisotopic (exact) mass is 367 g/mol. The van der Waals surface area contributed by atoms with Crippen LogP contribution < -0.4 is 0 Å². The molecule has 0 radical (unpaired) electrons. The van der Waals surface area contributed by atoms with Crippen LogP contribution in [-0.4, -0.2) is 12.6 Å². The Hall–Kier alpha value is -1.30. The second-order valence-electron chi connectivity index (χ2n) is 10.7. The van der Waals surface area contributed by atoms with E-state index in [0.29, 0.717) is 23.5 Å². The van der Waals surface area contributed by atoms with Crippen molar-refractivity contribution in [3.63, 3.8) is 0 Å². The van der Waals surface area contributed by atoms with E-state index in [1.165, 1.54) is 57.8 Å². The molecule has 1 heterocycles. The Morgan fingerprint density at radius 3 is 2.59 bits per heavy atom. The van der Waals surface area contributed by atoms with Crippen LogP contribution in [0.1, 0.15) is 78.1 Å². The van der Waals surface area contributed by atoms with Gasteiger partial charge in [-0.15, -0.1) is 0 Å². The Morgan fingerprint density at radius 2 is 1.78 bits per heavy atom. The van der Waals surface area contributed by atoms with Crippen LogP contribution in [0.4, 0.5) is 0 Å². The molecule has 0 spiro atoms. The molecule has 27 heavy (non-hydrogen) atoms. The van der Waals surface area contributed by atoms with Gasteiger partial charge in [0.05, 0.1) is 0 Å². The molecule has 4 aliphatic carbocycles. The highest BCUT2D eigenvalue weighted by atomic mass is 16.5. The Morgan fingerprint density at radius 1 is 0.963 bits per heavy atom. The van der Waals surface area contributed by atoms with Crippen molar-refractivity contribution in [1.82, 2.24) is 0 Å². The first kappa shape index (κ1) is 17.8. The molecule has 0 aromatic heterocycles. The fraction of sp³-hybridized carbons (Fsp3) is 0.833. The molecule has 3 nitrogen and oxygen atoms in total. The van der Waals surface area contributed by atoms with Gasteiger partial charge < -0.3 is 4.74 Å². The summed E-state index contributed by atoms with van der Waals surface area (Å²) >= 11 is 0. The maximum absolute atomic E-state index is 12.0. The molecule has 0 bridgehead atoms. The first-order valence-corrected chi connectivity index (χ1v) is 11.3. The topological polar surface area (TPSA) is 50.1 Å². The largest absolute Gasteiger partial charge is 0.457 e. The van der Waals surface area contributed by atoms with Crippen molar-refractivity contribution in [2.45, 2.75) is 78.1 Å². The number of nitriles is 1. The Bertz CT molecular complexity index is 733. The number of carbonyl (C=O) groups is 1. The summed E-state index contributed by atoms with van der Waals surface area (Å²) < 4.78 is 5.26. The van der Waals surface area contributed by atoms with Crippen LogP contribution >= 0.6 is 0 Å². The van der Waals surface area contributed by atoms with Gasteiger partial charge in [0.1, 0.15) is 18.2 Å². The molecule has 0 amide bonds. The van der Waals surface area contributed by atoms with Crippen molar-refractivity contribution in [1.29, 1.82) is 5.26 Å². The highest BCUT2D eigenvalue weighted by Crippen LogP contribution is 2.68. The molecule has 146 valence electrons. The van der Waals surface area contributed by atoms with E-state index in [2.05, 4.69) is 19.9 Å². The van der Waals surface area contributed by atoms with Crippen molar-refractivity contribution in [2.24, 2.45) is 40.4 Å². The molecular weight excluding hydrogens is 334 g/mol. The lowest BCUT2D eigenvalue weighted by Gasteiger charge is -2.60. The fourth-order valence-electron chi connectivity index (χ4n) is 8.68. The summed E-state index contributed by atoms with van der Waals surface area (Å²) in [6.07, 6.45) is 13.7. The summed E-state index contributed by atoms with van der Waals surface area (Å²) in [7, 11) is 0. The van der Waals surface area contributed by atoms with Crippen molar-refractivity contribution in [3.05, 3.63) is 11.1 Å². The van der Waals surface area contributed by atoms with E-state index in [1.807, 2.05) is 0 Å². The predicted molar refractivity (Wildman–Crippen MR) is 103 cm³/mol. The van der Waals surface area contributed by atoms with Crippen molar-refractivity contribution in [2.75, 3.05) is 6.61 Å². The zero-order valence-corrected chi connectivity index (χ0v) is 16.9. The molecule has 0 aromatic rings. The van der Waals surface area contributed by atoms with Crippen molar-refractivity contribution < 1.29 is 9.53 Å². The van der Waals surface area contributed by atoms with E-state index < -0.39 is 0 Å². The van der Waals surface area contributed by atoms with E-state index in [9.17, 15) is 10.1 Å². The molecule has 5 rings (SSSR count). The third-order valence-corrected chi connectivity index (χ3v) is 10.00. The summed E-state index contributed by atoms with van der Waals surface area (Å²) in [5.41, 5.74) is 2.18. The maximum Gasteiger partial charge on any atom is 0.349 e. The van der Waals surface area contributed by atoms with Crippen LogP contribution in [0.25, 0.3) is 0 Å². The molecule has 4 saturated carbocycles. The van der Waals surface area contributed by atoms with Gasteiger partial charge in [-0.1, -0.05) is 26.7 Å². The summed E-state index contributed by atoms with van der Waals surface area (Å²) in [6.45, 7) is 5.47. The molecular formula is C24H33NO2. The highest BCUT2D eigenvalue weighted by Gasteiger charge is 2.60. The van der Waals surface area contributed by atoms with Crippen LogP contribution in [0, 0.1) is 51.8 Å². The zero-order chi connectivity index (χ0) is 18.8. The van der Waals surface area contributed by atoms with Crippen molar-refractivity contribution >= 4 is 5.97 Å². The number of hydrogen-bond acceptors (Lipinski definition) is 3. The lowest BCUT2D eigenvalue weighted by atomic mass is 9.44. The average molecular weight is 368 g/mol. The minimum absolute atomic E-state index is 0.254. The third kappa shape index (κ3) is 2.34. The van der Waals surface area contributed by atoms with Gasteiger partial charge in [0.25, 0.3) is 0 Å². The van der Waals surface area contributed by atoms with E-state index in [1.54, 1.807) is 0 Å². The van der Waals surface area contributed by atoms with Gasteiger partial charge in [0, 0.05) is 0 Å². The number of ether oxygens (including phenoxy) is 1. The van der Waals surface area contributed by atoms with Gasteiger partial charge in [-0.25, -0.2) is 4.79 Å². The molecule has 7 atom stereocenters. The van der Waals surface area contributed by atoms with Gasteiger partial charge in [-0.2, -0.15) is 5.26 Å². The quantitative estimate of drug-likeness (QED) is 0.582. The number of rotatable bonds is 1. The van der Waals surface area contributed by atoms with Gasteiger partial charge in [-0.3, -0.25) is 0 Å². The van der Waals surface area contributed by atoms with Crippen LogP contribution in [0.5, 0.6) is 0 Å². The van der Waals surface area contributed by atoms with Crippen molar-refractivity contribution in [3.8, 4) is 6.07 Å². The molecule has 0 N–H and O–H groups in total. The molecule has 1 unspecified atom stereocenters. The number of carbonyl (C=O) groups excluding carboxylic acids is 1. The van der Waals surface area contributed by atoms with Crippen LogP contribution in [-0.2, 0) is 9.53 Å². The Labute approximate surface area is 163 Å². The summed E-state index contributed by atoms with van der Waals surface area (Å²) in [5.74, 6) is 3.48. The predicted octanol–water partition coefficient (Wildman–Crippen LogP) is 5.41. The van der Waals surface area contributed by atoms with E-state index >= 15 is 0 Å². The first-order chi connectivity index (χ1) is 13.0. The summed E-state index contributed by atoms with van der Waals surface area (Å²) in [5, 5.41) is 9.49. The van der Waals surface area contributed by atoms with Gasteiger partial charge in [-0.05, 0) is 97.4 Å². The first-order valence-electron chi connectivity index (χ1n) is 11.3. The number of esters is 1. The van der Waals surface area contributed by atoms with Crippen LogP contribution in [0.2, 0.25) is 0 Å². The summed E-state index contributed by atoms with van der Waals surface area (Å²) in [6, 6.07) is 2.16. The maximum atomic E-state index is 12.0. The number of hydrogen-bond donors (Lipinski definition) is 0. The molecule has 0 saturated heterocycles. The van der Waals surface area contributed by atoms with E-state index in [-0.39, 0.29) is 11.4 Å². The van der Waals surface area contributed by atoms with E-state index in [0.717, 1.165) is 35.7 Å². The van der Waals surface area contributed by atoms with Gasteiger partial charge in [0.15, 0.2) is 0 Å². The summed E-state index contributed by atoms with van der Waals surface area (Å²) in [4.78, 5) is 12.0. The molecule has 0 aromatic carbocycles. The second kappa shape index (κ2) is 6.10. The van der Waals surface area contributed by atoms with Gasteiger partial charge >= 0.3 is 5.97 Å². The van der Waals surface area contributed by atoms with Crippen LogP contribution in [0.15, 0.2) is 11.1 Å². The number of cyclic esters (lactones) is 1. The Balaban J connectivity index is 1.46. The van der Waals surface area contributed by atoms with Gasteiger partial charge in [0.2, 0.25) is 0 Å². The second-order valence-corrected chi connectivity index (χ2v) is 10.7. The fourth-order valence-corrected chi connectivity index (χ4v) is 8.68. The molecule has 1 aliphatic heterocycles. The minimum Gasteiger partial charge on any atom is -0.457 e. The van der Waals surface area contributed by atoms with E-state index in [4.69, 9.17) is 4.74 Å². The normalized spacial score (nSPS) is 49.1. The number of fused-ring (bicyclic) bond motifs is 5. The average Bonchev–Trinajstić information content (AvgIpc) is 3.20. The molecule has 3 heteroatoms. The Kier molecular flexibility index (Phi) is 4.01. The molecule has 5 aliphatic rings. The molecule has 4 fully saturated rings. The third-order valence-electron chi connectivity index (χ3n) is 10.00.